The summed E-state index contributed by atoms with van der Waals surface area (Å²) in [5.41, 5.74) is 2.76. The second kappa shape index (κ2) is 8.63. The van der Waals surface area contributed by atoms with E-state index in [0.717, 1.165) is 16.7 Å². The van der Waals surface area contributed by atoms with Crippen molar-refractivity contribution in [2.45, 2.75) is 38.3 Å². The van der Waals surface area contributed by atoms with Crippen LogP contribution in [0.15, 0.2) is 42.7 Å². The van der Waals surface area contributed by atoms with Crippen molar-refractivity contribution >= 4 is 34.0 Å². The minimum Gasteiger partial charge on any atom is -0.371 e. The number of rotatable bonds is 7. The summed E-state index contributed by atoms with van der Waals surface area (Å²) in [7, 11) is 0. The van der Waals surface area contributed by atoms with Crippen LogP contribution in [0.1, 0.15) is 31.3 Å². The lowest BCUT2D eigenvalue weighted by atomic mass is 10.0. The lowest BCUT2D eigenvalue weighted by molar-refractivity contribution is -0.384. The largest absolute Gasteiger partial charge is 0.371 e. The lowest BCUT2D eigenvalue weighted by Gasteiger charge is -2.21. The smallest absolute Gasteiger partial charge is 0.288 e. The van der Waals surface area contributed by atoms with E-state index in [4.69, 9.17) is 21.1 Å². The number of imidazole rings is 1. The molecule has 3 heterocycles. The molecule has 1 aliphatic heterocycles. The number of aromatic nitrogens is 6. The van der Waals surface area contributed by atoms with Crippen LogP contribution in [0.2, 0.25) is 5.02 Å². The third-order valence-corrected chi connectivity index (χ3v) is 5.81. The molecule has 0 saturated carbocycles. The summed E-state index contributed by atoms with van der Waals surface area (Å²) < 4.78 is 13.2. The Bertz CT molecular complexity index is 1350. The average molecular weight is 485 g/mol. The number of aromatic amines is 1. The predicted molar refractivity (Wildman–Crippen MR) is 122 cm³/mol. The van der Waals surface area contributed by atoms with Gasteiger partial charge in [-0.25, -0.2) is 9.67 Å². The number of fused-ring (bicyclic) bond motifs is 1. The number of anilines is 1. The molecule has 1 aliphatic rings. The first-order valence-corrected chi connectivity index (χ1v) is 10.9. The maximum atomic E-state index is 11.5. The number of nitro benzene ring substituents is 1. The van der Waals surface area contributed by atoms with Gasteiger partial charge in [-0.3, -0.25) is 10.1 Å². The molecule has 2 atom stereocenters. The Morgan fingerprint density at radius 2 is 2.21 bits per heavy atom. The molecule has 1 saturated heterocycles. The third kappa shape index (κ3) is 4.42. The molecule has 176 valence electrons. The zero-order valence-corrected chi connectivity index (χ0v) is 19.1. The van der Waals surface area contributed by atoms with Crippen molar-refractivity contribution in [3.8, 4) is 0 Å². The zero-order chi connectivity index (χ0) is 23.9. The number of benzene rings is 2. The van der Waals surface area contributed by atoms with E-state index in [2.05, 4.69) is 30.8 Å². The highest BCUT2D eigenvalue weighted by atomic mass is 35.5. The highest BCUT2D eigenvalue weighted by Crippen LogP contribution is 2.33. The monoisotopic (exact) mass is 484 g/mol. The Morgan fingerprint density at radius 1 is 1.35 bits per heavy atom. The molecule has 4 aromatic rings. The fourth-order valence-electron chi connectivity index (χ4n) is 3.93. The van der Waals surface area contributed by atoms with E-state index in [0.29, 0.717) is 24.5 Å². The van der Waals surface area contributed by atoms with Crippen molar-refractivity contribution < 1.29 is 14.4 Å². The standard InChI is InChI=1S/C21H21ClN8O4/c1-21(2)33-10-14(34-21)9-29-20(26-27-28-29)19(12-3-5-15(22)18(7-12)30(31)32)25-13-4-6-16-17(8-13)24-11-23-16/h3-8,11,14,19,25H,9-10H2,1-2H3,(H,23,24). The topological polar surface area (TPSA) is 146 Å². The fourth-order valence-corrected chi connectivity index (χ4v) is 4.12. The highest BCUT2D eigenvalue weighted by molar-refractivity contribution is 6.32. The first kappa shape index (κ1) is 22.2. The van der Waals surface area contributed by atoms with Crippen LogP contribution in [-0.4, -0.2) is 53.6 Å². The maximum absolute atomic E-state index is 11.5. The van der Waals surface area contributed by atoms with Crippen LogP contribution in [0.5, 0.6) is 0 Å². The number of hydrogen-bond donors (Lipinski definition) is 2. The van der Waals surface area contributed by atoms with Crippen molar-refractivity contribution in [1.29, 1.82) is 0 Å². The molecule has 2 aromatic carbocycles. The Labute approximate surface area is 198 Å². The van der Waals surface area contributed by atoms with Gasteiger partial charge in [-0.2, -0.15) is 0 Å². The van der Waals surface area contributed by atoms with Gasteiger partial charge < -0.3 is 19.8 Å². The van der Waals surface area contributed by atoms with Crippen LogP contribution in [0.25, 0.3) is 11.0 Å². The van der Waals surface area contributed by atoms with Crippen LogP contribution in [0, 0.1) is 10.1 Å². The van der Waals surface area contributed by atoms with Gasteiger partial charge in [0.1, 0.15) is 17.2 Å². The van der Waals surface area contributed by atoms with E-state index in [9.17, 15) is 10.1 Å². The van der Waals surface area contributed by atoms with Gasteiger partial charge in [0, 0.05) is 11.8 Å². The molecule has 0 radical (unpaired) electrons. The van der Waals surface area contributed by atoms with Gasteiger partial charge in [0.25, 0.3) is 5.69 Å². The first-order chi connectivity index (χ1) is 16.3. The highest BCUT2D eigenvalue weighted by Gasteiger charge is 2.34. The molecule has 0 aliphatic carbocycles. The summed E-state index contributed by atoms with van der Waals surface area (Å²) in [5.74, 6) is -0.234. The molecule has 13 heteroatoms. The molecule has 1 fully saturated rings. The van der Waals surface area contributed by atoms with Crippen LogP contribution in [-0.2, 0) is 16.0 Å². The molecule has 12 nitrogen and oxygen atoms in total. The summed E-state index contributed by atoms with van der Waals surface area (Å²) in [6.07, 6.45) is 1.36. The number of ether oxygens (including phenoxy) is 2. The van der Waals surface area contributed by atoms with Crippen LogP contribution < -0.4 is 5.32 Å². The molecular formula is C21H21ClN8O4. The van der Waals surface area contributed by atoms with E-state index in [1.807, 2.05) is 32.0 Å². The molecule has 0 amide bonds. The van der Waals surface area contributed by atoms with E-state index < -0.39 is 16.8 Å². The number of nitrogens with one attached hydrogen (secondary N) is 2. The molecule has 2 unspecified atom stereocenters. The number of nitrogens with zero attached hydrogens (tertiary/aromatic N) is 6. The van der Waals surface area contributed by atoms with Gasteiger partial charge in [-0.05, 0) is 54.1 Å². The van der Waals surface area contributed by atoms with Crippen molar-refractivity contribution in [1.82, 2.24) is 30.2 Å². The van der Waals surface area contributed by atoms with Crippen molar-refractivity contribution in [2.24, 2.45) is 0 Å². The molecular weight excluding hydrogens is 464 g/mol. The second-order valence-electron chi connectivity index (χ2n) is 8.35. The van der Waals surface area contributed by atoms with Gasteiger partial charge in [-0.1, -0.05) is 17.7 Å². The van der Waals surface area contributed by atoms with E-state index in [1.54, 1.807) is 17.1 Å². The van der Waals surface area contributed by atoms with Crippen molar-refractivity contribution in [3.63, 3.8) is 0 Å². The van der Waals surface area contributed by atoms with Crippen molar-refractivity contribution in [3.05, 3.63) is 69.3 Å². The zero-order valence-electron chi connectivity index (χ0n) is 18.3. The molecule has 2 aromatic heterocycles. The summed E-state index contributed by atoms with van der Waals surface area (Å²) in [4.78, 5) is 18.3. The first-order valence-electron chi connectivity index (χ1n) is 10.5. The predicted octanol–water partition coefficient (Wildman–Crippen LogP) is 3.46. The second-order valence-corrected chi connectivity index (χ2v) is 8.76. The van der Waals surface area contributed by atoms with Gasteiger partial charge >= 0.3 is 0 Å². The Kier molecular flexibility index (Phi) is 5.63. The van der Waals surface area contributed by atoms with E-state index in [1.165, 1.54) is 12.1 Å². The summed E-state index contributed by atoms with van der Waals surface area (Å²) in [5, 5.41) is 27.2. The van der Waals surface area contributed by atoms with Gasteiger partial charge in [0.2, 0.25) is 0 Å². The summed E-state index contributed by atoms with van der Waals surface area (Å²) in [6.45, 7) is 4.43. The molecule has 34 heavy (non-hydrogen) atoms. The quantitative estimate of drug-likeness (QED) is 0.297. The number of halogens is 1. The Hall–Kier alpha value is -3.61. The van der Waals surface area contributed by atoms with Crippen LogP contribution in [0.3, 0.4) is 0 Å². The molecule has 5 rings (SSSR count). The van der Waals surface area contributed by atoms with Crippen molar-refractivity contribution in [2.75, 3.05) is 11.9 Å². The Morgan fingerprint density at radius 3 is 2.97 bits per heavy atom. The normalized spacial score (nSPS) is 18.3. The van der Waals surface area contributed by atoms with Crippen LogP contribution >= 0.6 is 11.6 Å². The number of hydrogen-bond acceptors (Lipinski definition) is 9. The SMILES string of the molecule is CC1(C)OCC(Cn2nnnc2C(Nc2ccc3nc[nH]c3c2)c2ccc(Cl)c([N+](=O)[O-])c2)O1. The minimum absolute atomic E-state index is 0.0460. The summed E-state index contributed by atoms with van der Waals surface area (Å²) in [6, 6.07) is 9.62. The van der Waals surface area contributed by atoms with Gasteiger partial charge in [-0.15, -0.1) is 5.10 Å². The molecule has 0 bridgehead atoms. The van der Waals surface area contributed by atoms with E-state index in [-0.39, 0.29) is 16.8 Å². The van der Waals surface area contributed by atoms with Gasteiger partial charge in [0.15, 0.2) is 11.6 Å². The molecule has 0 spiro atoms. The number of tetrazole rings is 1. The number of nitro groups is 1. The maximum Gasteiger partial charge on any atom is 0.288 e. The van der Waals surface area contributed by atoms with E-state index >= 15 is 0 Å². The summed E-state index contributed by atoms with van der Waals surface area (Å²) >= 11 is 6.06. The fraction of sp³-hybridized carbons (Fsp3) is 0.333. The molecule has 2 N–H and O–H groups in total. The Balaban J connectivity index is 1.53. The number of H-pyrrole nitrogens is 1. The third-order valence-electron chi connectivity index (χ3n) is 5.49. The van der Waals surface area contributed by atoms with Gasteiger partial charge in [0.05, 0.1) is 35.4 Å². The lowest BCUT2D eigenvalue weighted by Crippen LogP contribution is -2.27. The average Bonchev–Trinajstić information content (AvgIpc) is 3.52. The minimum atomic E-state index is -0.688. The van der Waals surface area contributed by atoms with Crippen LogP contribution in [0.4, 0.5) is 11.4 Å².